The Balaban J connectivity index is 1.97. The van der Waals surface area contributed by atoms with Crippen LogP contribution in [0.15, 0.2) is 4.52 Å². The summed E-state index contributed by atoms with van der Waals surface area (Å²) < 4.78 is 10.4. The number of hydrogen-bond acceptors (Lipinski definition) is 5. The molecule has 0 saturated carbocycles. The molecule has 1 saturated heterocycles. The second-order valence-electron chi connectivity index (χ2n) is 5.05. The van der Waals surface area contributed by atoms with Crippen LogP contribution in [0.4, 0.5) is 0 Å². The number of hydrogen-bond donors (Lipinski definition) is 1. The average molecular weight is 267 g/mol. The summed E-state index contributed by atoms with van der Waals surface area (Å²) >= 11 is 0. The molecule has 2 unspecified atom stereocenters. The number of aryl methyl sites for hydroxylation is 2. The van der Waals surface area contributed by atoms with Gasteiger partial charge in [-0.2, -0.15) is 0 Å². The molecule has 1 fully saturated rings. The fourth-order valence-electron chi connectivity index (χ4n) is 2.38. The van der Waals surface area contributed by atoms with Crippen molar-refractivity contribution in [2.75, 3.05) is 20.7 Å². The first-order chi connectivity index (χ1) is 9.02. The van der Waals surface area contributed by atoms with Gasteiger partial charge in [-0.25, -0.2) is 0 Å². The zero-order valence-electron chi connectivity index (χ0n) is 11.9. The van der Waals surface area contributed by atoms with Crippen LogP contribution < -0.4 is 5.32 Å². The maximum Gasteiger partial charge on any atom is 0.239 e. The van der Waals surface area contributed by atoms with Gasteiger partial charge in [0.1, 0.15) is 5.76 Å². The first kappa shape index (κ1) is 14.0. The summed E-state index contributed by atoms with van der Waals surface area (Å²) in [6.07, 6.45) is 0.850. The maximum atomic E-state index is 12.3. The highest BCUT2D eigenvalue weighted by atomic mass is 16.5. The Morgan fingerprint density at radius 2 is 2.32 bits per heavy atom. The number of likely N-dealkylation sites (N-methyl/N-ethyl adjacent to an activating group) is 1. The average Bonchev–Trinajstić information content (AvgIpc) is 2.99. The van der Waals surface area contributed by atoms with Crippen LogP contribution in [-0.2, 0) is 16.1 Å². The topological polar surface area (TPSA) is 67.6 Å². The van der Waals surface area contributed by atoms with Crippen LogP contribution in [0.25, 0.3) is 0 Å². The van der Waals surface area contributed by atoms with Crippen LogP contribution in [0, 0.1) is 13.8 Å². The molecule has 1 aliphatic heterocycles. The number of methoxy groups -OCH3 is 1. The largest absolute Gasteiger partial charge is 0.380 e. The van der Waals surface area contributed by atoms with Crippen LogP contribution in [0.1, 0.15) is 23.4 Å². The Hall–Kier alpha value is -1.40. The van der Waals surface area contributed by atoms with E-state index in [4.69, 9.17) is 9.26 Å². The molecule has 1 aliphatic rings. The molecule has 2 rings (SSSR count). The van der Waals surface area contributed by atoms with E-state index < -0.39 is 0 Å². The van der Waals surface area contributed by atoms with Gasteiger partial charge in [0, 0.05) is 26.3 Å². The van der Waals surface area contributed by atoms with Gasteiger partial charge < -0.3 is 19.5 Å². The fourth-order valence-corrected chi connectivity index (χ4v) is 2.38. The molecule has 6 heteroatoms. The lowest BCUT2D eigenvalue weighted by Gasteiger charge is -2.21. The Morgan fingerprint density at radius 3 is 2.84 bits per heavy atom. The number of aromatic nitrogens is 1. The van der Waals surface area contributed by atoms with E-state index in [2.05, 4.69) is 10.5 Å². The monoisotopic (exact) mass is 267 g/mol. The first-order valence-electron chi connectivity index (χ1n) is 6.45. The van der Waals surface area contributed by atoms with E-state index in [0.29, 0.717) is 6.54 Å². The van der Waals surface area contributed by atoms with Crippen molar-refractivity contribution in [1.82, 2.24) is 15.4 Å². The summed E-state index contributed by atoms with van der Waals surface area (Å²) in [7, 11) is 3.48. The van der Waals surface area contributed by atoms with Gasteiger partial charge in [-0.05, 0) is 20.3 Å². The highest BCUT2D eigenvalue weighted by molar-refractivity contribution is 5.82. The third-order valence-corrected chi connectivity index (χ3v) is 3.67. The predicted molar refractivity (Wildman–Crippen MR) is 69.7 cm³/mol. The Morgan fingerprint density at radius 1 is 1.58 bits per heavy atom. The van der Waals surface area contributed by atoms with Crippen LogP contribution in [0.3, 0.4) is 0 Å². The van der Waals surface area contributed by atoms with E-state index in [-0.39, 0.29) is 18.1 Å². The van der Waals surface area contributed by atoms with Gasteiger partial charge in [0.05, 0.1) is 24.4 Å². The van der Waals surface area contributed by atoms with Crippen molar-refractivity contribution >= 4 is 5.91 Å². The predicted octanol–water partition coefficient (Wildman–Crippen LogP) is 0.627. The van der Waals surface area contributed by atoms with Gasteiger partial charge in [-0.1, -0.05) is 5.16 Å². The van der Waals surface area contributed by atoms with Gasteiger partial charge in [-0.3, -0.25) is 4.79 Å². The minimum Gasteiger partial charge on any atom is -0.380 e. The van der Waals surface area contributed by atoms with Gasteiger partial charge in [-0.15, -0.1) is 0 Å². The second-order valence-corrected chi connectivity index (χ2v) is 5.05. The van der Waals surface area contributed by atoms with Crippen molar-refractivity contribution in [1.29, 1.82) is 0 Å². The molecule has 2 atom stereocenters. The van der Waals surface area contributed by atoms with Crippen molar-refractivity contribution in [3.05, 3.63) is 17.0 Å². The number of rotatable bonds is 4. The van der Waals surface area contributed by atoms with Gasteiger partial charge in [0.25, 0.3) is 0 Å². The van der Waals surface area contributed by atoms with E-state index in [0.717, 1.165) is 30.0 Å². The zero-order chi connectivity index (χ0) is 14.0. The van der Waals surface area contributed by atoms with Gasteiger partial charge >= 0.3 is 0 Å². The molecule has 6 nitrogen and oxygen atoms in total. The molecule has 0 aliphatic carbocycles. The smallest absolute Gasteiger partial charge is 0.239 e. The summed E-state index contributed by atoms with van der Waals surface area (Å²) in [5, 5.41) is 7.09. The van der Waals surface area contributed by atoms with Crippen molar-refractivity contribution in [2.24, 2.45) is 0 Å². The maximum absolute atomic E-state index is 12.3. The molecule has 1 N–H and O–H groups in total. The van der Waals surface area contributed by atoms with E-state index in [1.54, 1.807) is 19.1 Å². The van der Waals surface area contributed by atoms with E-state index in [1.165, 1.54) is 0 Å². The first-order valence-corrected chi connectivity index (χ1v) is 6.45. The normalized spacial score (nSPS) is 22.7. The van der Waals surface area contributed by atoms with Crippen LogP contribution >= 0.6 is 0 Å². The van der Waals surface area contributed by atoms with Crippen LogP contribution in [0.2, 0.25) is 0 Å². The highest BCUT2D eigenvalue weighted by Crippen LogP contribution is 2.17. The highest BCUT2D eigenvalue weighted by Gasteiger charge is 2.31. The molecule has 2 heterocycles. The number of carbonyl (C=O) groups is 1. The quantitative estimate of drug-likeness (QED) is 0.866. The van der Waals surface area contributed by atoms with E-state index in [9.17, 15) is 4.79 Å². The van der Waals surface area contributed by atoms with E-state index in [1.807, 2.05) is 13.8 Å². The summed E-state index contributed by atoms with van der Waals surface area (Å²) in [5.41, 5.74) is 1.82. The summed E-state index contributed by atoms with van der Waals surface area (Å²) in [6.45, 7) is 5.00. The minimum absolute atomic E-state index is 0.0829. The molecule has 0 bridgehead atoms. The van der Waals surface area contributed by atoms with E-state index >= 15 is 0 Å². The lowest BCUT2D eigenvalue weighted by Crippen LogP contribution is -2.41. The number of carbonyl (C=O) groups excluding carboxylic acids is 1. The Kier molecular flexibility index (Phi) is 4.21. The van der Waals surface area contributed by atoms with Gasteiger partial charge in [0.2, 0.25) is 5.91 Å². The standard InChI is InChI=1S/C13H21N3O3/c1-8-11(9(2)19-15-8)7-16(3)13(17)12-5-10(18-4)6-14-12/h10,12,14H,5-7H2,1-4H3. The molecule has 1 aromatic heterocycles. The number of amides is 1. The molecule has 0 aromatic carbocycles. The van der Waals surface area contributed by atoms with Crippen molar-refractivity contribution in [3.8, 4) is 0 Å². The fraction of sp³-hybridized carbons (Fsp3) is 0.692. The SMILES string of the molecule is COC1CNC(C(=O)N(C)Cc2c(C)noc2C)C1. The van der Waals surface area contributed by atoms with Crippen molar-refractivity contribution < 1.29 is 14.1 Å². The Bertz CT molecular complexity index is 438. The minimum atomic E-state index is -0.157. The summed E-state index contributed by atoms with van der Waals surface area (Å²) in [6, 6.07) is -0.157. The molecular formula is C13H21N3O3. The number of nitrogens with zero attached hydrogens (tertiary/aromatic N) is 2. The third-order valence-electron chi connectivity index (χ3n) is 3.67. The molecule has 106 valence electrons. The van der Waals surface area contributed by atoms with Crippen molar-refractivity contribution in [2.45, 2.75) is 39.0 Å². The van der Waals surface area contributed by atoms with Crippen LogP contribution in [0.5, 0.6) is 0 Å². The second kappa shape index (κ2) is 5.71. The number of nitrogens with one attached hydrogen (secondary N) is 1. The summed E-state index contributed by atoms with van der Waals surface area (Å²) in [5.74, 6) is 0.853. The number of ether oxygens (including phenoxy) is 1. The summed E-state index contributed by atoms with van der Waals surface area (Å²) in [4.78, 5) is 14.0. The lowest BCUT2D eigenvalue weighted by atomic mass is 10.1. The zero-order valence-corrected chi connectivity index (χ0v) is 11.9. The third kappa shape index (κ3) is 2.96. The van der Waals surface area contributed by atoms with Crippen molar-refractivity contribution in [3.63, 3.8) is 0 Å². The van der Waals surface area contributed by atoms with Crippen LogP contribution in [-0.4, -0.2) is 48.8 Å². The molecule has 0 spiro atoms. The molecule has 1 amide bonds. The molecule has 19 heavy (non-hydrogen) atoms. The molecular weight excluding hydrogens is 246 g/mol. The molecule has 0 radical (unpaired) electrons. The molecule has 1 aromatic rings. The lowest BCUT2D eigenvalue weighted by molar-refractivity contribution is -0.132. The van der Waals surface area contributed by atoms with Gasteiger partial charge in [0.15, 0.2) is 0 Å². The Labute approximate surface area is 113 Å².